The topological polar surface area (TPSA) is 38.5 Å². The van der Waals surface area contributed by atoms with Crippen molar-refractivity contribution in [2.45, 2.75) is 82.4 Å². The second-order valence-electron chi connectivity index (χ2n) is 7.02. The van der Waals surface area contributed by atoms with Crippen molar-refractivity contribution in [3.8, 4) is 0 Å². The first kappa shape index (κ1) is 19.7. The molecule has 1 aromatic rings. The molecule has 0 N–H and O–H groups in total. The fourth-order valence-electron chi connectivity index (χ4n) is 3.41. The van der Waals surface area contributed by atoms with Crippen LogP contribution >= 0.6 is 0 Å². The quantitative estimate of drug-likeness (QED) is 0.589. The molecule has 0 unspecified atom stereocenters. The first-order valence-electron chi connectivity index (χ1n) is 9.47. The predicted molar refractivity (Wildman–Crippen MR) is 103 cm³/mol. The first-order valence-corrected chi connectivity index (χ1v) is 11.0. The molecule has 0 bridgehead atoms. The Bertz CT molecular complexity index is 710. The third-order valence-electron chi connectivity index (χ3n) is 4.95. The van der Waals surface area contributed by atoms with Crippen LogP contribution < -0.4 is 0 Å². The number of hydrogen-bond donors (Lipinski definition) is 0. The van der Waals surface area contributed by atoms with E-state index < -0.39 is 9.84 Å². The Kier molecular flexibility index (Phi) is 7.71. The van der Waals surface area contributed by atoms with Gasteiger partial charge in [0, 0.05) is 0 Å². The molecule has 0 spiro atoms. The van der Waals surface area contributed by atoms with Crippen LogP contribution in [-0.2, 0) is 9.84 Å². The van der Waals surface area contributed by atoms with Crippen LogP contribution in [0, 0.1) is 13.5 Å². The lowest BCUT2D eigenvalue weighted by molar-refractivity contribution is 0.539. The summed E-state index contributed by atoms with van der Waals surface area (Å²) in [4.78, 5) is 3.73. The van der Waals surface area contributed by atoms with Gasteiger partial charge in [-0.2, -0.15) is 0 Å². The highest BCUT2D eigenvalue weighted by atomic mass is 32.2. The summed E-state index contributed by atoms with van der Waals surface area (Å²) in [7, 11) is -3.71. The maximum absolute atomic E-state index is 13.0. The molecule has 0 amide bonds. The molecule has 2 rings (SSSR count). The van der Waals surface area contributed by atoms with Crippen molar-refractivity contribution in [2.75, 3.05) is 0 Å². The minimum absolute atomic E-state index is 0.0200. The van der Waals surface area contributed by atoms with Crippen molar-refractivity contribution in [1.29, 1.82) is 0 Å². The van der Waals surface area contributed by atoms with Crippen molar-refractivity contribution in [3.05, 3.63) is 51.8 Å². The standard InChI is InChI=1S/C21H29NO2S/c1-18-14-16-20(17-15-18)25(23,24)21(22-2)19-12-10-8-6-4-3-5-7-9-11-13-19/h14-17H,3-13H2,1H3. The summed E-state index contributed by atoms with van der Waals surface area (Å²) in [6, 6.07) is 6.82. The number of allylic oxidation sites excluding steroid dienone is 1. The fourth-order valence-corrected chi connectivity index (χ4v) is 4.83. The van der Waals surface area contributed by atoms with Crippen LogP contribution in [0.1, 0.15) is 76.2 Å². The van der Waals surface area contributed by atoms with E-state index in [1.807, 2.05) is 6.92 Å². The van der Waals surface area contributed by atoms with E-state index in [9.17, 15) is 8.42 Å². The van der Waals surface area contributed by atoms with E-state index in [2.05, 4.69) is 4.85 Å². The number of nitrogens with zero attached hydrogens (tertiary/aromatic N) is 1. The predicted octanol–water partition coefficient (Wildman–Crippen LogP) is 6.20. The molecular formula is C21H29NO2S. The minimum atomic E-state index is -3.71. The molecule has 0 radical (unpaired) electrons. The largest absolute Gasteiger partial charge is 0.282 e. The van der Waals surface area contributed by atoms with Gasteiger partial charge in [-0.25, -0.2) is 13.3 Å². The molecule has 136 valence electrons. The van der Waals surface area contributed by atoms with Gasteiger partial charge in [0.2, 0.25) is 9.84 Å². The van der Waals surface area contributed by atoms with Crippen LogP contribution in [0.4, 0.5) is 0 Å². The molecule has 0 heterocycles. The third-order valence-corrected chi connectivity index (χ3v) is 6.73. The van der Waals surface area contributed by atoms with E-state index in [0.29, 0.717) is 0 Å². The normalized spacial score (nSPS) is 17.8. The molecule has 1 aromatic carbocycles. The highest BCUT2D eigenvalue weighted by Gasteiger charge is 2.25. The van der Waals surface area contributed by atoms with Gasteiger partial charge in [0.15, 0.2) is 0 Å². The van der Waals surface area contributed by atoms with Crippen molar-refractivity contribution in [3.63, 3.8) is 0 Å². The number of benzene rings is 1. The Morgan fingerprint density at radius 3 is 1.72 bits per heavy atom. The minimum Gasteiger partial charge on any atom is -0.230 e. The molecule has 25 heavy (non-hydrogen) atoms. The highest BCUT2D eigenvalue weighted by molar-refractivity contribution is 7.95. The van der Waals surface area contributed by atoms with Gasteiger partial charge < -0.3 is 0 Å². The summed E-state index contributed by atoms with van der Waals surface area (Å²) >= 11 is 0. The molecule has 1 aliphatic rings. The Morgan fingerprint density at radius 1 is 0.840 bits per heavy atom. The van der Waals surface area contributed by atoms with Gasteiger partial charge in [-0.3, -0.25) is 0 Å². The van der Waals surface area contributed by atoms with E-state index in [-0.39, 0.29) is 9.92 Å². The molecular weight excluding hydrogens is 330 g/mol. The SMILES string of the molecule is [C-]#[N+]C(=C1CCCCCCCCCCC1)S(=O)(=O)c1ccc(C)cc1. The monoisotopic (exact) mass is 359 g/mol. The van der Waals surface area contributed by atoms with E-state index >= 15 is 0 Å². The molecule has 1 saturated carbocycles. The second-order valence-corrected chi connectivity index (χ2v) is 8.88. The lowest BCUT2D eigenvalue weighted by Gasteiger charge is -2.13. The van der Waals surface area contributed by atoms with Crippen molar-refractivity contribution in [2.24, 2.45) is 0 Å². The summed E-state index contributed by atoms with van der Waals surface area (Å²) in [5.74, 6) is 0. The van der Waals surface area contributed by atoms with Gasteiger partial charge in [0.05, 0.1) is 11.5 Å². The zero-order valence-electron chi connectivity index (χ0n) is 15.3. The van der Waals surface area contributed by atoms with Gasteiger partial charge in [0.1, 0.15) is 0 Å². The van der Waals surface area contributed by atoms with Crippen LogP contribution in [0.25, 0.3) is 4.85 Å². The Hall–Kier alpha value is -1.60. The molecule has 0 saturated heterocycles. The summed E-state index contributed by atoms with van der Waals surface area (Å²) in [5, 5.41) is -0.0200. The van der Waals surface area contributed by atoms with E-state index in [4.69, 9.17) is 6.57 Å². The van der Waals surface area contributed by atoms with Crippen molar-refractivity contribution < 1.29 is 8.42 Å². The van der Waals surface area contributed by atoms with Gasteiger partial charge in [0.25, 0.3) is 5.03 Å². The maximum Gasteiger partial charge on any atom is 0.282 e. The number of hydrogen-bond acceptors (Lipinski definition) is 2. The Balaban J connectivity index is 2.30. The number of aryl methyl sites for hydroxylation is 1. The number of rotatable bonds is 2. The summed E-state index contributed by atoms with van der Waals surface area (Å²) in [6.07, 6.45) is 12.0. The second kappa shape index (κ2) is 9.77. The molecule has 0 atom stereocenters. The third kappa shape index (κ3) is 5.71. The van der Waals surface area contributed by atoms with Crippen LogP contribution in [0.3, 0.4) is 0 Å². The van der Waals surface area contributed by atoms with E-state index in [1.165, 1.54) is 32.1 Å². The summed E-state index contributed by atoms with van der Waals surface area (Å²) in [5.41, 5.74) is 1.86. The molecule has 3 nitrogen and oxygen atoms in total. The lowest BCUT2D eigenvalue weighted by Crippen LogP contribution is -2.06. The average molecular weight is 360 g/mol. The highest BCUT2D eigenvalue weighted by Crippen LogP contribution is 2.30. The fraction of sp³-hybridized carbons (Fsp3) is 0.571. The molecule has 1 aliphatic carbocycles. The van der Waals surface area contributed by atoms with Gasteiger partial charge in [-0.15, -0.1) is 0 Å². The zero-order chi connectivity index (χ0) is 18.1. The van der Waals surface area contributed by atoms with E-state index in [1.54, 1.807) is 24.3 Å². The van der Waals surface area contributed by atoms with Gasteiger partial charge in [-0.1, -0.05) is 81.1 Å². The van der Waals surface area contributed by atoms with Crippen LogP contribution in [0.2, 0.25) is 0 Å². The van der Waals surface area contributed by atoms with Crippen LogP contribution in [0.15, 0.2) is 39.8 Å². The molecule has 4 heteroatoms. The average Bonchev–Trinajstić information content (AvgIpc) is 2.57. The van der Waals surface area contributed by atoms with Gasteiger partial charge >= 0.3 is 0 Å². The molecule has 1 fully saturated rings. The van der Waals surface area contributed by atoms with Gasteiger partial charge in [-0.05, 0) is 31.9 Å². The van der Waals surface area contributed by atoms with Crippen molar-refractivity contribution >= 4 is 9.84 Å². The maximum atomic E-state index is 13.0. The summed E-state index contributed by atoms with van der Waals surface area (Å²) < 4.78 is 26.0. The van der Waals surface area contributed by atoms with Crippen molar-refractivity contribution in [1.82, 2.24) is 0 Å². The molecule has 0 aliphatic heterocycles. The lowest BCUT2D eigenvalue weighted by atomic mass is 9.98. The van der Waals surface area contributed by atoms with Crippen LogP contribution in [-0.4, -0.2) is 8.42 Å². The zero-order valence-corrected chi connectivity index (χ0v) is 16.1. The summed E-state index contributed by atoms with van der Waals surface area (Å²) in [6.45, 7) is 9.46. The number of sulfone groups is 1. The first-order chi connectivity index (χ1) is 12.1. The Labute approximate surface area is 152 Å². The Morgan fingerprint density at radius 2 is 1.28 bits per heavy atom. The van der Waals surface area contributed by atoms with E-state index in [0.717, 1.165) is 49.7 Å². The smallest absolute Gasteiger partial charge is 0.230 e. The van der Waals surface area contributed by atoms with Crippen LogP contribution in [0.5, 0.6) is 0 Å². The molecule has 0 aromatic heterocycles.